The Hall–Kier alpha value is -1.76. The third kappa shape index (κ3) is 4.73. The van der Waals surface area contributed by atoms with E-state index in [1.807, 2.05) is 0 Å². The number of carbonyl (C=O) groups is 3. The first-order valence-electron chi connectivity index (χ1n) is 6.13. The molecule has 0 saturated heterocycles. The lowest BCUT2D eigenvalue weighted by Gasteiger charge is -2.09. The Morgan fingerprint density at radius 3 is 2.10 bits per heavy atom. The molecule has 1 amide bonds. The zero-order valence-corrected chi connectivity index (χ0v) is 12.7. The highest BCUT2D eigenvalue weighted by Gasteiger charge is 2.21. The number of hydrogen-bond donors (Lipinski definition) is 1. The Balaban J connectivity index is 2.74. The van der Waals surface area contributed by atoms with Gasteiger partial charge in [0.2, 0.25) is 5.91 Å². The van der Waals surface area contributed by atoms with Gasteiger partial charge < -0.3 is 5.32 Å². The molecule has 0 spiro atoms. The van der Waals surface area contributed by atoms with E-state index in [0.717, 1.165) is 11.8 Å². The van der Waals surface area contributed by atoms with Crippen LogP contribution in [0.5, 0.6) is 0 Å². The van der Waals surface area contributed by atoms with Crippen molar-refractivity contribution in [3.05, 3.63) is 12.1 Å². The molecule has 1 aromatic heterocycles. The number of carbonyl (C=O) groups excluding carboxylic acids is 3. The van der Waals surface area contributed by atoms with Crippen LogP contribution in [-0.4, -0.2) is 32.9 Å². The van der Waals surface area contributed by atoms with Crippen molar-refractivity contribution in [2.75, 3.05) is 5.32 Å². The van der Waals surface area contributed by atoms with Crippen LogP contribution in [0, 0.1) is 5.92 Å². The molecule has 108 valence electrons. The van der Waals surface area contributed by atoms with E-state index in [2.05, 4.69) is 15.5 Å². The molecule has 0 aromatic carbocycles. The summed E-state index contributed by atoms with van der Waals surface area (Å²) in [5, 5.41) is 10.0. The second-order valence-electron chi connectivity index (χ2n) is 4.62. The lowest BCUT2D eigenvalue weighted by atomic mass is 10.2. The second-order valence-corrected chi connectivity index (χ2v) is 5.75. The number of nitrogens with one attached hydrogen (secondary N) is 1. The molecule has 0 aliphatic rings. The standard InChI is InChI=1S/C13H17N3O3S/c1-7(2)13(19)14-10-5-6-11(16-15-10)20-12(8(3)17)9(4)18/h5-7,12H,1-4H3,(H,14,15,19). The zero-order chi connectivity index (χ0) is 15.3. The van der Waals surface area contributed by atoms with E-state index in [4.69, 9.17) is 0 Å². The molecule has 1 heterocycles. The summed E-state index contributed by atoms with van der Waals surface area (Å²) in [7, 11) is 0. The normalized spacial score (nSPS) is 10.7. The maximum atomic E-state index is 11.5. The van der Waals surface area contributed by atoms with E-state index in [1.165, 1.54) is 13.8 Å². The smallest absolute Gasteiger partial charge is 0.228 e. The van der Waals surface area contributed by atoms with Crippen LogP contribution in [0.1, 0.15) is 27.7 Å². The monoisotopic (exact) mass is 295 g/mol. The lowest BCUT2D eigenvalue weighted by Crippen LogP contribution is -2.22. The van der Waals surface area contributed by atoms with Crippen LogP contribution in [-0.2, 0) is 14.4 Å². The summed E-state index contributed by atoms with van der Waals surface area (Å²) < 4.78 is 0. The topological polar surface area (TPSA) is 89.0 Å². The molecule has 1 N–H and O–H groups in total. The third-order valence-electron chi connectivity index (χ3n) is 2.39. The molecule has 0 aliphatic heterocycles. The molecule has 0 fully saturated rings. The summed E-state index contributed by atoms with van der Waals surface area (Å²) in [6.07, 6.45) is 0. The third-order valence-corrected chi connectivity index (χ3v) is 3.75. The molecule has 6 nitrogen and oxygen atoms in total. The van der Waals surface area contributed by atoms with Gasteiger partial charge >= 0.3 is 0 Å². The number of rotatable bonds is 6. The summed E-state index contributed by atoms with van der Waals surface area (Å²) in [4.78, 5) is 34.1. The minimum atomic E-state index is -0.764. The minimum absolute atomic E-state index is 0.148. The van der Waals surface area contributed by atoms with Gasteiger partial charge in [-0.15, -0.1) is 10.2 Å². The van der Waals surface area contributed by atoms with E-state index >= 15 is 0 Å². The Morgan fingerprint density at radius 1 is 1.10 bits per heavy atom. The maximum Gasteiger partial charge on any atom is 0.228 e. The Kier molecular flexibility index (Phi) is 5.82. The van der Waals surface area contributed by atoms with E-state index in [0.29, 0.717) is 10.8 Å². The number of amides is 1. The number of aromatic nitrogens is 2. The van der Waals surface area contributed by atoms with Gasteiger partial charge in [0.05, 0.1) is 0 Å². The van der Waals surface area contributed by atoms with Gasteiger partial charge in [0.25, 0.3) is 0 Å². The molecule has 0 aliphatic carbocycles. The van der Waals surface area contributed by atoms with Crippen molar-refractivity contribution < 1.29 is 14.4 Å². The molecule has 0 unspecified atom stereocenters. The van der Waals surface area contributed by atoms with Gasteiger partial charge in [0.1, 0.15) is 10.3 Å². The quantitative estimate of drug-likeness (QED) is 0.635. The first-order valence-corrected chi connectivity index (χ1v) is 7.01. The summed E-state index contributed by atoms with van der Waals surface area (Å²) in [5.41, 5.74) is 0. The van der Waals surface area contributed by atoms with E-state index < -0.39 is 5.25 Å². The molecular weight excluding hydrogens is 278 g/mol. The van der Waals surface area contributed by atoms with Gasteiger partial charge in [0.15, 0.2) is 17.4 Å². The second kappa shape index (κ2) is 7.14. The van der Waals surface area contributed by atoms with Crippen LogP contribution in [0.4, 0.5) is 5.82 Å². The van der Waals surface area contributed by atoms with E-state index in [-0.39, 0.29) is 23.4 Å². The Bertz CT molecular complexity index is 500. The fourth-order valence-electron chi connectivity index (χ4n) is 1.29. The predicted molar refractivity (Wildman–Crippen MR) is 76.5 cm³/mol. The molecule has 1 aromatic rings. The maximum absolute atomic E-state index is 11.5. The van der Waals surface area contributed by atoms with Crippen LogP contribution < -0.4 is 5.32 Å². The fraction of sp³-hybridized carbons (Fsp3) is 0.462. The molecule has 20 heavy (non-hydrogen) atoms. The molecule has 0 saturated carbocycles. The van der Waals surface area contributed by atoms with Crippen molar-refractivity contribution >= 4 is 35.1 Å². The van der Waals surface area contributed by atoms with Gasteiger partial charge in [0, 0.05) is 5.92 Å². The molecule has 1 rings (SSSR count). The van der Waals surface area contributed by atoms with Crippen LogP contribution in [0.15, 0.2) is 17.2 Å². The largest absolute Gasteiger partial charge is 0.309 e. The van der Waals surface area contributed by atoms with Gasteiger partial charge in [-0.25, -0.2) is 0 Å². The number of anilines is 1. The molecule has 0 radical (unpaired) electrons. The van der Waals surface area contributed by atoms with Crippen LogP contribution in [0.3, 0.4) is 0 Å². The van der Waals surface area contributed by atoms with Crippen molar-refractivity contribution in [1.82, 2.24) is 10.2 Å². The first-order chi connectivity index (χ1) is 9.31. The van der Waals surface area contributed by atoms with Crippen molar-refractivity contribution in [2.24, 2.45) is 5.92 Å². The van der Waals surface area contributed by atoms with Crippen molar-refractivity contribution in [3.8, 4) is 0 Å². The zero-order valence-electron chi connectivity index (χ0n) is 11.8. The van der Waals surface area contributed by atoms with Crippen molar-refractivity contribution in [3.63, 3.8) is 0 Å². The highest BCUT2D eigenvalue weighted by molar-refractivity contribution is 8.01. The highest BCUT2D eigenvalue weighted by atomic mass is 32.2. The van der Waals surface area contributed by atoms with E-state index in [1.54, 1.807) is 26.0 Å². The van der Waals surface area contributed by atoms with Crippen molar-refractivity contribution in [2.45, 2.75) is 38.0 Å². The lowest BCUT2D eigenvalue weighted by molar-refractivity contribution is -0.124. The van der Waals surface area contributed by atoms with E-state index in [9.17, 15) is 14.4 Å². The number of Topliss-reactive ketones (excluding diaryl/α,β-unsaturated/α-hetero) is 2. The average molecular weight is 295 g/mol. The number of nitrogens with zero attached hydrogens (tertiary/aromatic N) is 2. The first kappa shape index (κ1) is 16.3. The number of hydrogen-bond acceptors (Lipinski definition) is 6. The Labute approximate surface area is 121 Å². The minimum Gasteiger partial charge on any atom is -0.309 e. The number of thioether (sulfide) groups is 1. The van der Waals surface area contributed by atoms with Gasteiger partial charge in [-0.2, -0.15) is 0 Å². The SMILES string of the molecule is CC(=O)C(Sc1ccc(NC(=O)C(C)C)nn1)C(C)=O. The summed E-state index contributed by atoms with van der Waals surface area (Å²) >= 11 is 1.05. The fourth-order valence-corrected chi connectivity index (χ4v) is 2.10. The summed E-state index contributed by atoms with van der Waals surface area (Å²) in [5.74, 6) is -0.395. The predicted octanol–water partition coefficient (Wildman–Crippen LogP) is 1.71. The van der Waals surface area contributed by atoms with Crippen LogP contribution in [0.2, 0.25) is 0 Å². The summed E-state index contributed by atoms with van der Waals surface area (Å²) in [6, 6.07) is 3.21. The highest BCUT2D eigenvalue weighted by Crippen LogP contribution is 2.22. The number of ketones is 2. The average Bonchev–Trinajstić information content (AvgIpc) is 2.36. The Morgan fingerprint density at radius 2 is 1.70 bits per heavy atom. The molecule has 0 atom stereocenters. The van der Waals surface area contributed by atoms with Gasteiger partial charge in [-0.05, 0) is 26.0 Å². The van der Waals surface area contributed by atoms with Crippen LogP contribution >= 0.6 is 11.8 Å². The molecule has 7 heteroatoms. The molecule has 0 bridgehead atoms. The van der Waals surface area contributed by atoms with Gasteiger partial charge in [-0.3, -0.25) is 14.4 Å². The summed E-state index contributed by atoms with van der Waals surface area (Å²) in [6.45, 7) is 6.28. The van der Waals surface area contributed by atoms with Gasteiger partial charge in [-0.1, -0.05) is 25.6 Å². The van der Waals surface area contributed by atoms with Crippen molar-refractivity contribution in [1.29, 1.82) is 0 Å². The van der Waals surface area contributed by atoms with Crippen LogP contribution in [0.25, 0.3) is 0 Å². The molecular formula is C13H17N3O3S.